The Morgan fingerprint density at radius 1 is 1.38 bits per heavy atom. The standard InChI is InChI=1S/C16H19N3O2/c17-12-4-6-15-11(8-12)3-5-13(19-15)9-16(20)18-10-14-2-1-7-21-14/h3-6,8,14H,1-2,7,9-10,17H2,(H,18,20). The molecule has 0 spiro atoms. The van der Waals surface area contributed by atoms with Crippen molar-refractivity contribution in [3.05, 3.63) is 36.0 Å². The summed E-state index contributed by atoms with van der Waals surface area (Å²) in [5.74, 6) is -0.0206. The summed E-state index contributed by atoms with van der Waals surface area (Å²) in [5, 5.41) is 3.89. The molecule has 0 saturated carbocycles. The van der Waals surface area contributed by atoms with E-state index in [1.807, 2.05) is 30.3 Å². The minimum Gasteiger partial charge on any atom is -0.399 e. The first kappa shape index (κ1) is 13.8. The number of anilines is 1. The minimum atomic E-state index is -0.0206. The minimum absolute atomic E-state index is 0.0206. The van der Waals surface area contributed by atoms with Gasteiger partial charge in [0.05, 0.1) is 23.7 Å². The number of fused-ring (bicyclic) bond motifs is 1. The molecule has 1 aromatic heterocycles. The first-order chi connectivity index (χ1) is 10.2. The average Bonchev–Trinajstić information content (AvgIpc) is 2.99. The van der Waals surface area contributed by atoms with Crippen molar-refractivity contribution in [3.8, 4) is 0 Å². The number of pyridine rings is 1. The van der Waals surface area contributed by atoms with E-state index >= 15 is 0 Å². The van der Waals surface area contributed by atoms with Crippen LogP contribution in [-0.2, 0) is 16.0 Å². The fourth-order valence-corrected chi connectivity index (χ4v) is 2.54. The summed E-state index contributed by atoms with van der Waals surface area (Å²) < 4.78 is 5.48. The van der Waals surface area contributed by atoms with Gasteiger partial charge in [-0.1, -0.05) is 6.07 Å². The maximum absolute atomic E-state index is 11.9. The van der Waals surface area contributed by atoms with Crippen molar-refractivity contribution in [2.45, 2.75) is 25.4 Å². The van der Waals surface area contributed by atoms with Gasteiger partial charge in [-0.2, -0.15) is 0 Å². The van der Waals surface area contributed by atoms with E-state index in [9.17, 15) is 4.79 Å². The number of benzene rings is 1. The third kappa shape index (κ3) is 3.49. The largest absolute Gasteiger partial charge is 0.399 e. The van der Waals surface area contributed by atoms with E-state index in [1.165, 1.54) is 0 Å². The Bertz CT molecular complexity index is 651. The summed E-state index contributed by atoms with van der Waals surface area (Å²) >= 11 is 0. The summed E-state index contributed by atoms with van der Waals surface area (Å²) in [6, 6.07) is 9.38. The molecular formula is C16H19N3O2. The molecule has 5 heteroatoms. The summed E-state index contributed by atoms with van der Waals surface area (Å²) in [6.07, 6.45) is 2.56. The molecule has 1 unspecified atom stereocenters. The highest BCUT2D eigenvalue weighted by Gasteiger charge is 2.16. The van der Waals surface area contributed by atoms with Crippen LogP contribution in [0.5, 0.6) is 0 Å². The normalized spacial score (nSPS) is 18.0. The van der Waals surface area contributed by atoms with E-state index in [0.717, 1.165) is 36.0 Å². The number of aromatic nitrogens is 1. The molecule has 2 heterocycles. The first-order valence-corrected chi connectivity index (χ1v) is 7.24. The predicted molar refractivity (Wildman–Crippen MR) is 81.8 cm³/mol. The lowest BCUT2D eigenvalue weighted by molar-refractivity contribution is -0.121. The van der Waals surface area contributed by atoms with Crippen LogP contribution in [0.15, 0.2) is 30.3 Å². The Labute approximate surface area is 123 Å². The SMILES string of the molecule is Nc1ccc2nc(CC(=O)NCC3CCCO3)ccc2c1. The van der Waals surface area contributed by atoms with Gasteiger partial charge in [-0.3, -0.25) is 9.78 Å². The predicted octanol–water partition coefficient (Wildman–Crippen LogP) is 1.65. The van der Waals surface area contributed by atoms with Crippen LogP contribution >= 0.6 is 0 Å². The van der Waals surface area contributed by atoms with Gasteiger partial charge in [-0.25, -0.2) is 0 Å². The van der Waals surface area contributed by atoms with Gasteiger partial charge in [-0.05, 0) is 37.1 Å². The van der Waals surface area contributed by atoms with Gasteiger partial charge in [0.25, 0.3) is 0 Å². The fourth-order valence-electron chi connectivity index (χ4n) is 2.54. The molecule has 1 aliphatic heterocycles. The van der Waals surface area contributed by atoms with Crippen molar-refractivity contribution < 1.29 is 9.53 Å². The zero-order valence-corrected chi connectivity index (χ0v) is 11.8. The number of carbonyl (C=O) groups excluding carboxylic acids is 1. The Kier molecular flexibility index (Phi) is 4.01. The Hall–Kier alpha value is -2.14. The lowest BCUT2D eigenvalue weighted by Gasteiger charge is -2.10. The molecule has 1 fully saturated rings. The van der Waals surface area contributed by atoms with Crippen molar-refractivity contribution >= 4 is 22.5 Å². The molecule has 3 rings (SSSR count). The molecule has 0 radical (unpaired) electrons. The number of hydrogen-bond acceptors (Lipinski definition) is 4. The second-order valence-corrected chi connectivity index (χ2v) is 5.37. The van der Waals surface area contributed by atoms with Crippen molar-refractivity contribution in [2.24, 2.45) is 0 Å². The van der Waals surface area contributed by atoms with Crippen LogP contribution in [0.25, 0.3) is 10.9 Å². The zero-order valence-electron chi connectivity index (χ0n) is 11.8. The molecule has 3 N–H and O–H groups in total. The lowest BCUT2D eigenvalue weighted by atomic mass is 10.1. The summed E-state index contributed by atoms with van der Waals surface area (Å²) in [6.45, 7) is 1.39. The number of nitrogens with two attached hydrogens (primary N) is 1. The summed E-state index contributed by atoms with van der Waals surface area (Å²) in [5.41, 5.74) is 8.07. The number of rotatable bonds is 4. The van der Waals surface area contributed by atoms with Gasteiger partial charge in [0.2, 0.25) is 5.91 Å². The molecule has 110 valence electrons. The van der Waals surface area contributed by atoms with Gasteiger partial charge in [0.15, 0.2) is 0 Å². The van der Waals surface area contributed by atoms with Crippen molar-refractivity contribution in [1.82, 2.24) is 10.3 Å². The molecule has 5 nitrogen and oxygen atoms in total. The van der Waals surface area contributed by atoms with Crippen LogP contribution in [-0.4, -0.2) is 30.1 Å². The topological polar surface area (TPSA) is 77.2 Å². The third-order valence-electron chi connectivity index (χ3n) is 3.66. The second kappa shape index (κ2) is 6.10. The Morgan fingerprint density at radius 3 is 3.10 bits per heavy atom. The number of nitrogens with one attached hydrogen (secondary N) is 1. The number of amides is 1. The van der Waals surface area contributed by atoms with Crippen LogP contribution in [0.3, 0.4) is 0 Å². The van der Waals surface area contributed by atoms with E-state index in [4.69, 9.17) is 10.5 Å². The summed E-state index contributed by atoms with van der Waals surface area (Å²) in [4.78, 5) is 16.4. The third-order valence-corrected chi connectivity index (χ3v) is 3.66. The van der Waals surface area contributed by atoms with E-state index in [2.05, 4.69) is 10.3 Å². The van der Waals surface area contributed by atoms with E-state index in [-0.39, 0.29) is 18.4 Å². The van der Waals surface area contributed by atoms with E-state index in [0.29, 0.717) is 12.2 Å². The van der Waals surface area contributed by atoms with E-state index < -0.39 is 0 Å². The zero-order chi connectivity index (χ0) is 14.7. The maximum Gasteiger partial charge on any atom is 0.226 e. The lowest BCUT2D eigenvalue weighted by Crippen LogP contribution is -2.32. The first-order valence-electron chi connectivity index (χ1n) is 7.24. The van der Waals surface area contributed by atoms with Gasteiger partial charge in [0.1, 0.15) is 0 Å². The number of nitrogens with zero attached hydrogens (tertiary/aromatic N) is 1. The Morgan fingerprint density at radius 2 is 2.29 bits per heavy atom. The molecule has 2 aromatic rings. The number of ether oxygens (including phenoxy) is 1. The number of carbonyl (C=O) groups is 1. The molecule has 0 aliphatic carbocycles. The summed E-state index contributed by atoms with van der Waals surface area (Å²) in [7, 11) is 0. The van der Waals surface area contributed by atoms with E-state index in [1.54, 1.807) is 0 Å². The smallest absolute Gasteiger partial charge is 0.226 e. The van der Waals surface area contributed by atoms with Crippen LogP contribution in [0.1, 0.15) is 18.5 Å². The van der Waals surface area contributed by atoms with Crippen LogP contribution in [0, 0.1) is 0 Å². The maximum atomic E-state index is 11.9. The monoisotopic (exact) mass is 285 g/mol. The molecule has 1 amide bonds. The molecule has 1 saturated heterocycles. The molecule has 1 aliphatic rings. The molecule has 1 aromatic carbocycles. The molecular weight excluding hydrogens is 266 g/mol. The van der Waals surface area contributed by atoms with Gasteiger partial charge in [0, 0.05) is 24.2 Å². The van der Waals surface area contributed by atoms with Crippen LogP contribution < -0.4 is 11.1 Å². The Balaban J connectivity index is 1.61. The second-order valence-electron chi connectivity index (χ2n) is 5.37. The highest BCUT2D eigenvalue weighted by Crippen LogP contribution is 2.16. The highest BCUT2D eigenvalue weighted by molar-refractivity contribution is 5.83. The van der Waals surface area contributed by atoms with Gasteiger partial charge < -0.3 is 15.8 Å². The van der Waals surface area contributed by atoms with Gasteiger partial charge in [-0.15, -0.1) is 0 Å². The molecule has 0 bridgehead atoms. The van der Waals surface area contributed by atoms with Crippen molar-refractivity contribution in [3.63, 3.8) is 0 Å². The van der Waals surface area contributed by atoms with Crippen molar-refractivity contribution in [2.75, 3.05) is 18.9 Å². The number of nitrogen functional groups attached to an aromatic ring is 1. The van der Waals surface area contributed by atoms with Crippen LogP contribution in [0.2, 0.25) is 0 Å². The molecule has 1 atom stereocenters. The average molecular weight is 285 g/mol. The van der Waals surface area contributed by atoms with Crippen LogP contribution in [0.4, 0.5) is 5.69 Å². The number of hydrogen-bond donors (Lipinski definition) is 2. The fraction of sp³-hybridized carbons (Fsp3) is 0.375. The highest BCUT2D eigenvalue weighted by atomic mass is 16.5. The molecule has 21 heavy (non-hydrogen) atoms. The van der Waals surface area contributed by atoms with Crippen molar-refractivity contribution in [1.29, 1.82) is 0 Å². The van der Waals surface area contributed by atoms with Gasteiger partial charge >= 0.3 is 0 Å². The quantitative estimate of drug-likeness (QED) is 0.837.